The molecule has 1 aromatic heterocycles. The Morgan fingerprint density at radius 3 is 2.38 bits per heavy atom. The van der Waals surface area contributed by atoms with Crippen LogP contribution in [0, 0.1) is 0 Å². The minimum Gasteiger partial charge on any atom is -0.347 e. The van der Waals surface area contributed by atoms with Gasteiger partial charge in [-0.05, 0) is 29.8 Å². The minimum atomic E-state index is -0.137. The number of benzene rings is 2. The molecule has 0 bridgehead atoms. The second kappa shape index (κ2) is 9.16. The van der Waals surface area contributed by atoms with Crippen LogP contribution in [-0.2, 0) is 13.1 Å². The molecule has 4 rings (SSSR count). The Morgan fingerprint density at radius 1 is 0.897 bits per heavy atom. The van der Waals surface area contributed by atoms with Crippen LogP contribution in [0.15, 0.2) is 60.7 Å². The van der Waals surface area contributed by atoms with E-state index in [2.05, 4.69) is 45.2 Å². The first-order valence-electron chi connectivity index (χ1n) is 10.4. The van der Waals surface area contributed by atoms with Crippen LogP contribution in [0.4, 0.5) is 0 Å². The summed E-state index contributed by atoms with van der Waals surface area (Å²) in [7, 11) is 0. The maximum absolute atomic E-state index is 12.6. The van der Waals surface area contributed by atoms with Gasteiger partial charge in [-0.25, -0.2) is 4.98 Å². The fourth-order valence-electron chi connectivity index (χ4n) is 3.85. The molecule has 5 heteroatoms. The normalized spacial score (nSPS) is 15.5. The number of aromatic nitrogens is 1. The van der Waals surface area contributed by atoms with E-state index in [1.807, 2.05) is 36.4 Å². The van der Waals surface area contributed by atoms with Gasteiger partial charge in [-0.2, -0.15) is 0 Å². The molecule has 0 saturated carbocycles. The molecule has 1 amide bonds. The van der Waals surface area contributed by atoms with E-state index >= 15 is 0 Å². The van der Waals surface area contributed by atoms with Crippen molar-refractivity contribution in [3.05, 3.63) is 77.5 Å². The summed E-state index contributed by atoms with van der Waals surface area (Å²) in [6.45, 7) is 9.23. The smallest absolute Gasteiger partial charge is 0.270 e. The van der Waals surface area contributed by atoms with Crippen LogP contribution >= 0.6 is 0 Å². The summed E-state index contributed by atoms with van der Waals surface area (Å²) in [6, 6.07) is 20.0. The number of rotatable bonds is 6. The fraction of sp³-hybridized carbons (Fsp3) is 0.333. The molecule has 0 radical (unpaired) electrons. The number of fused-ring (bicyclic) bond motifs is 1. The molecule has 3 aromatic rings. The summed E-state index contributed by atoms with van der Waals surface area (Å²) in [6.07, 6.45) is 0. The molecule has 0 spiro atoms. The lowest BCUT2D eigenvalue weighted by Gasteiger charge is -2.34. The van der Waals surface area contributed by atoms with Crippen molar-refractivity contribution in [1.82, 2.24) is 20.1 Å². The Bertz CT molecular complexity index is 979. The highest BCUT2D eigenvalue weighted by Crippen LogP contribution is 2.15. The number of nitrogens with zero attached hydrogens (tertiary/aromatic N) is 3. The van der Waals surface area contributed by atoms with Gasteiger partial charge in [-0.1, -0.05) is 55.5 Å². The number of carbonyl (C=O) groups excluding carboxylic acids is 1. The Balaban J connectivity index is 1.39. The van der Waals surface area contributed by atoms with Gasteiger partial charge in [0.15, 0.2) is 0 Å². The highest BCUT2D eigenvalue weighted by molar-refractivity contribution is 5.94. The van der Waals surface area contributed by atoms with Crippen LogP contribution < -0.4 is 5.32 Å². The zero-order valence-corrected chi connectivity index (χ0v) is 17.0. The molecule has 0 atom stereocenters. The molecule has 1 fully saturated rings. The summed E-state index contributed by atoms with van der Waals surface area (Å²) in [5.74, 6) is -0.137. The topological polar surface area (TPSA) is 48.5 Å². The van der Waals surface area contributed by atoms with Crippen molar-refractivity contribution in [2.75, 3.05) is 32.7 Å². The Labute approximate surface area is 172 Å². The van der Waals surface area contributed by atoms with Crippen LogP contribution in [0.5, 0.6) is 0 Å². The third-order valence-electron chi connectivity index (χ3n) is 5.69. The van der Waals surface area contributed by atoms with Gasteiger partial charge in [0.05, 0.1) is 5.52 Å². The predicted molar refractivity (Wildman–Crippen MR) is 117 cm³/mol. The highest BCUT2D eigenvalue weighted by atomic mass is 16.1. The van der Waals surface area contributed by atoms with Crippen molar-refractivity contribution in [3.63, 3.8) is 0 Å². The van der Waals surface area contributed by atoms with E-state index in [1.54, 1.807) is 6.07 Å². The van der Waals surface area contributed by atoms with E-state index in [0.29, 0.717) is 12.2 Å². The zero-order valence-electron chi connectivity index (χ0n) is 17.0. The van der Waals surface area contributed by atoms with Crippen LogP contribution in [0.3, 0.4) is 0 Å². The molecule has 1 N–H and O–H groups in total. The first kappa shape index (κ1) is 19.6. The number of amides is 1. The summed E-state index contributed by atoms with van der Waals surface area (Å²) in [5.41, 5.74) is 3.74. The molecule has 1 aliphatic rings. The van der Waals surface area contributed by atoms with Crippen molar-refractivity contribution in [2.24, 2.45) is 0 Å². The average Bonchev–Trinajstić information content (AvgIpc) is 2.78. The van der Waals surface area contributed by atoms with Gasteiger partial charge in [0, 0.05) is 44.7 Å². The zero-order chi connectivity index (χ0) is 20.1. The van der Waals surface area contributed by atoms with Crippen molar-refractivity contribution in [1.29, 1.82) is 0 Å². The third-order valence-corrected chi connectivity index (χ3v) is 5.69. The average molecular weight is 389 g/mol. The number of hydrogen-bond acceptors (Lipinski definition) is 4. The number of pyridine rings is 1. The molecule has 2 heterocycles. The Kier molecular flexibility index (Phi) is 6.17. The Morgan fingerprint density at radius 2 is 1.59 bits per heavy atom. The molecule has 29 heavy (non-hydrogen) atoms. The predicted octanol–water partition coefficient (Wildman–Crippen LogP) is 3.30. The Hall–Kier alpha value is -2.76. The lowest BCUT2D eigenvalue weighted by atomic mass is 10.1. The van der Waals surface area contributed by atoms with Gasteiger partial charge in [0.25, 0.3) is 5.91 Å². The molecular formula is C24H28N4O. The molecule has 0 aliphatic carbocycles. The number of piperazine rings is 1. The van der Waals surface area contributed by atoms with Crippen LogP contribution in [0.2, 0.25) is 0 Å². The summed E-state index contributed by atoms with van der Waals surface area (Å²) in [5, 5.41) is 4.09. The fourth-order valence-corrected chi connectivity index (χ4v) is 3.85. The van der Waals surface area contributed by atoms with Gasteiger partial charge in [-0.3, -0.25) is 9.69 Å². The van der Waals surface area contributed by atoms with Crippen LogP contribution in [0.25, 0.3) is 10.9 Å². The van der Waals surface area contributed by atoms with Crippen LogP contribution in [0.1, 0.15) is 28.5 Å². The largest absolute Gasteiger partial charge is 0.347 e. The van der Waals surface area contributed by atoms with E-state index < -0.39 is 0 Å². The molecule has 150 valence electrons. The monoisotopic (exact) mass is 388 g/mol. The molecular weight excluding hydrogens is 360 g/mol. The number of hydrogen-bond donors (Lipinski definition) is 1. The third kappa shape index (κ3) is 4.81. The van der Waals surface area contributed by atoms with Gasteiger partial charge in [0.1, 0.15) is 5.69 Å². The lowest BCUT2D eigenvalue weighted by molar-refractivity contribution is 0.0946. The summed E-state index contributed by atoms with van der Waals surface area (Å²) < 4.78 is 0. The van der Waals surface area contributed by atoms with Crippen molar-refractivity contribution in [2.45, 2.75) is 20.0 Å². The maximum atomic E-state index is 12.6. The van der Waals surface area contributed by atoms with Gasteiger partial charge < -0.3 is 10.2 Å². The molecule has 0 unspecified atom stereocenters. The summed E-state index contributed by atoms with van der Waals surface area (Å²) in [4.78, 5) is 22.1. The van der Waals surface area contributed by atoms with Crippen molar-refractivity contribution >= 4 is 16.8 Å². The standard InChI is InChI=1S/C24H28N4O/c1-2-27-13-15-28(16-14-27)18-21-9-4-3-8-20(21)17-25-24(29)23-12-11-19-7-5-6-10-22(19)26-23/h3-12H,2,13-18H2,1H3,(H,25,29). The van der Waals surface area contributed by atoms with E-state index in [0.717, 1.165) is 50.2 Å². The van der Waals surface area contributed by atoms with E-state index in [9.17, 15) is 4.79 Å². The van der Waals surface area contributed by atoms with E-state index in [4.69, 9.17) is 0 Å². The van der Waals surface area contributed by atoms with Gasteiger partial charge >= 0.3 is 0 Å². The van der Waals surface area contributed by atoms with Crippen molar-refractivity contribution in [3.8, 4) is 0 Å². The maximum Gasteiger partial charge on any atom is 0.270 e. The lowest BCUT2D eigenvalue weighted by Crippen LogP contribution is -2.45. The number of para-hydroxylation sites is 1. The molecule has 2 aromatic carbocycles. The number of likely N-dealkylation sites (N-methyl/N-ethyl adjacent to an activating group) is 1. The summed E-state index contributed by atoms with van der Waals surface area (Å²) >= 11 is 0. The SMILES string of the molecule is CCN1CCN(Cc2ccccc2CNC(=O)c2ccc3ccccc3n2)CC1. The second-order valence-electron chi connectivity index (χ2n) is 7.55. The second-order valence-corrected chi connectivity index (χ2v) is 7.55. The first-order valence-corrected chi connectivity index (χ1v) is 10.4. The molecule has 1 saturated heterocycles. The quantitative estimate of drug-likeness (QED) is 0.704. The first-order chi connectivity index (χ1) is 14.2. The minimum absolute atomic E-state index is 0.137. The highest BCUT2D eigenvalue weighted by Gasteiger charge is 2.17. The van der Waals surface area contributed by atoms with E-state index in [-0.39, 0.29) is 5.91 Å². The molecule has 1 aliphatic heterocycles. The van der Waals surface area contributed by atoms with Crippen molar-refractivity contribution < 1.29 is 4.79 Å². The number of nitrogens with one attached hydrogen (secondary N) is 1. The molecule has 5 nitrogen and oxygen atoms in total. The van der Waals surface area contributed by atoms with Gasteiger partial charge in [-0.15, -0.1) is 0 Å². The number of carbonyl (C=O) groups is 1. The van der Waals surface area contributed by atoms with Crippen LogP contribution in [-0.4, -0.2) is 53.4 Å². The van der Waals surface area contributed by atoms with E-state index in [1.165, 1.54) is 11.1 Å². The van der Waals surface area contributed by atoms with Gasteiger partial charge in [0.2, 0.25) is 0 Å².